The summed E-state index contributed by atoms with van der Waals surface area (Å²) in [6.07, 6.45) is 3.84. The van der Waals surface area contributed by atoms with Gasteiger partial charge in [-0.05, 0) is 44.7 Å². The van der Waals surface area contributed by atoms with Crippen molar-refractivity contribution < 1.29 is 0 Å². The van der Waals surface area contributed by atoms with Gasteiger partial charge < -0.3 is 0 Å². The molecule has 4 rings (SSSR count). The van der Waals surface area contributed by atoms with Gasteiger partial charge in [0.25, 0.3) is 0 Å². The van der Waals surface area contributed by atoms with Gasteiger partial charge in [0, 0.05) is 25.2 Å². The monoisotopic (exact) mass is 342 g/mol. The highest BCUT2D eigenvalue weighted by molar-refractivity contribution is 7.11. The predicted molar refractivity (Wildman–Crippen MR) is 98.3 cm³/mol. The lowest BCUT2D eigenvalue weighted by Crippen LogP contribution is -2.50. The molecule has 1 spiro atoms. The van der Waals surface area contributed by atoms with Crippen molar-refractivity contribution >= 4 is 11.3 Å². The molecule has 4 nitrogen and oxygen atoms in total. The lowest BCUT2D eigenvalue weighted by Gasteiger charge is -2.43. The van der Waals surface area contributed by atoms with Gasteiger partial charge in [0.2, 0.25) is 0 Å². The molecule has 2 aromatic rings. The zero-order chi connectivity index (χ0) is 16.6. The number of aryl methyl sites for hydroxylation is 1. The second-order valence-electron chi connectivity index (χ2n) is 7.41. The highest BCUT2D eigenvalue weighted by Crippen LogP contribution is 2.44. The van der Waals surface area contributed by atoms with Crippen LogP contribution in [0.3, 0.4) is 0 Å². The summed E-state index contributed by atoms with van der Waals surface area (Å²) < 4.78 is 0. The van der Waals surface area contributed by atoms with Crippen LogP contribution in [0.4, 0.5) is 0 Å². The third kappa shape index (κ3) is 3.13. The highest BCUT2D eigenvalue weighted by atomic mass is 32.1. The normalized spacial score (nSPS) is 24.7. The molecule has 0 N–H and O–H groups in total. The first-order chi connectivity index (χ1) is 11.6. The Morgan fingerprint density at radius 2 is 1.92 bits per heavy atom. The maximum Gasteiger partial charge on any atom is 0.131 e. The van der Waals surface area contributed by atoms with Gasteiger partial charge in [0.15, 0.2) is 0 Å². The molecule has 24 heavy (non-hydrogen) atoms. The number of rotatable bonds is 3. The quantitative estimate of drug-likeness (QED) is 0.857. The van der Waals surface area contributed by atoms with Crippen molar-refractivity contribution in [2.75, 3.05) is 26.7 Å². The van der Waals surface area contributed by atoms with Crippen molar-refractivity contribution in [3.8, 4) is 0 Å². The summed E-state index contributed by atoms with van der Waals surface area (Å²) >= 11 is 1.73. The van der Waals surface area contributed by atoms with E-state index in [0.29, 0.717) is 11.5 Å². The summed E-state index contributed by atoms with van der Waals surface area (Å²) in [5.41, 5.74) is 1.90. The first kappa shape index (κ1) is 16.2. The first-order valence-corrected chi connectivity index (χ1v) is 9.74. The number of likely N-dealkylation sites (tertiary alicyclic amines) is 2. The SMILES string of the molecule is Cc1nnc(CN2CCC3(CC2)CC(c2ccccc2)CN3C)s1. The molecule has 0 saturated carbocycles. The topological polar surface area (TPSA) is 32.3 Å². The number of piperidine rings is 1. The fraction of sp³-hybridized carbons (Fsp3) is 0.579. The molecule has 5 heteroatoms. The Morgan fingerprint density at radius 3 is 2.58 bits per heavy atom. The molecule has 2 aliphatic heterocycles. The molecule has 2 saturated heterocycles. The molecule has 2 aliphatic rings. The number of nitrogens with zero attached hydrogens (tertiary/aromatic N) is 4. The summed E-state index contributed by atoms with van der Waals surface area (Å²) in [6.45, 7) is 6.53. The molecule has 0 radical (unpaired) electrons. The Kier molecular flexibility index (Phi) is 4.41. The van der Waals surface area contributed by atoms with Gasteiger partial charge in [-0.25, -0.2) is 0 Å². The van der Waals surface area contributed by atoms with Gasteiger partial charge in [-0.2, -0.15) is 0 Å². The molecule has 1 atom stereocenters. The Balaban J connectivity index is 1.39. The molecule has 128 valence electrons. The van der Waals surface area contributed by atoms with E-state index in [1.165, 1.54) is 44.5 Å². The largest absolute Gasteiger partial charge is 0.300 e. The van der Waals surface area contributed by atoms with Crippen molar-refractivity contribution in [3.63, 3.8) is 0 Å². The van der Waals surface area contributed by atoms with Crippen LogP contribution in [0.25, 0.3) is 0 Å². The second kappa shape index (κ2) is 6.54. The number of benzene rings is 1. The van der Waals surface area contributed by atoms with Crippen molar-refractivity contribution in [1.29, 1.82) is 0 Å². The van der Waals surface area contributed by atoms with Crippen molar-refractivity contribution in [2.45, 2.75) is 44.2 Å². The number of hydrogen-bond acceptors (Lipinski definition) is 5. The van der Waals surface area contributed by atoms with E-state index in [1.54, 1.807) is 11.3 Å². The van der Waals surface area contributed by atoms with Crippen LogP contribution in [0.15, 0.2) is 30.3 Å². The lowest BCUT2D eigenvalue weighted by atomic mass is 9.81. The minimum absolute atomic E-state index is 0.397. The van der Waals surface area contributed by atoms with Crippen molar-refractivity contribution in [3.05, 3.63) is 45.9 Å². The van der Waals surface area contributed by atoms with E-state index in [9.17, 15) is 0 Å². The molecular weight excluding hydrogens is 316 g/mol. The van der Waals surface area contributed by atoms with Crippen molar-refractivity contribution in [1.82, 2.24) is 20.0 Å². The van der Waals surface area contributed by atoms with Gasteiger partial charge in [-0.3, -0.25) is 9.80 Å². The zero-order valence-corrected chi connectivity index (χ0v) is 15.4. The van der Waals surface area contributed by atoms with Gasteiger partial charge in [0.05, 0.1) is 6.54 Å². The van der Waals surface area contributed by atoms with Crippen molar-refractivity contribution in [2.24, 2.45) is 0 Å². The lowest BCUT2D eigenvalue weighted by molar-refractivity contribution is 0.0671. The average Bonchev–Trinajstić information content (AvgIpc) is 3.15. The molecule has 0 amide bonds. The van der Waals surface area contributed by atoms with E-state index in [0.717, 1.165) is 16.6 Å². The fourth-order valence-corrected chi connectivity index (χ4v) is 5.21. The van der Waals surface area contributed by atoms with E-state index in [2.05, 4.69) is 57.4 Å². The summed E-state index contributed by atoms with van der Waals surface area (Å²) in [5.74, 6) is 0.688. The zero-order valence-electron chi connectivity index (χ0n) is 14.6. The Labute approximate surface area is 148 Å². The van der Waals surface area contributed by atoms with Crippen LogP contribution in [0.1, 0.15) is 40.8 Å². The Morgan fingerprint density at radius 1 is 1.17 bits per heavy atom. The summed E-state index contributed by atoms with van der Waals surface area (Å²) in [5, 5.41) is 10.7. The molecular formula is C19H26N4S. The molecule has 1 aromatic heterocycles. The Bertz CT molecular complexity index is 676. The van der Waals surface area contributed by atoms with E-state index >= 15 is 0 Å². The second-order valence-corrected chi connectivity index (χ2v) is 8.67. The van der Waals surface area contributed by atoms with Crippen LogP contribution < -0.4 is 0 Å². The van der Waals surface area contributed by atoms with Gasteiger partial charge in [-0.1, -0.05) is 30.3 Å². The Hall–Kier alpha value is -1.30. The maximum atomic E-state index is 4.28. The predicted octanol–water partition coefficient (Wildman–Crippen LogP) is 3.30. The van der Waals surface area contributed by atoms with Crippen LogP contribution >= 0.6 is 11.3 Å². The summed E-state index contributed by atoms with van der Waals surface area (Å²) in [7, 11) is 2.33. The molecule has 2 fully saturated rings. The average molecular weight is 343 g/mol. The molecule has 0 bridgehead atoms. The third-order valence-corrected chi connectivity index (χ3v) is 6.74. The fourth-order valence-electron chi connectivity index (χ4n) is 4.46. The molecule has 0 aliphatic carbocycles. The first-order valence-electron chi connectivity index (χ1n) is 8.92. The summed E-state index contributed by atoms with van der Waals surface area (Å²) in [6, 6.07) is 11.1. The minimum Gasteiger partial charge on any atom is -0.300 e. The van der Waals surface area contributed by atoms with Gasteiger partial charge >= 0.3 is 0 Å². The summed E-state index contributed by atoms with van der Waals surface area (Å²) in [4.78, 5) is 5.19. The molecule has 1 aromatic carbocycles. The minimum atomic E-state index is 0.397. The standard InChI is InChI=1S/C19H26N4S/c1-15-20-21-18(24-15)14-23-10-8-19(9-11-23)12-17(13-22(19)2)16-6-4-3-5-7-16/h3-7,17H,8-14H2,1-2H3. The third-order valence-electron chi connectivity index (χ3n) is 5.91. The number of aromatic nitrogens is 2. The smallest absolute Gasteiger partial charge is 0.131 e. The van der Waals surface area contributed by atoms with Gasteiger partial charge in [-0.15, -0.1) is 21.5 Å². The van der Waals surface area contributed by atoms with Crippen LogP contribution in [-0.4, -0.2) is 52.2 Å². The maximum absolute atomic E-state index is 4.28. The van der Waals surface area contributed by atoms with Crippen LogP contribution in [0.2, 0.25) is 0 Å². The van der Waals surface area contributed by atoms with E-state index < -0.39 is 0 Å². The van der Waals surface area contributed by atoms with E-state index in [4.69, 9.17) is 0 Å². The van der Waals surface area contributed by atoms with E-state index in [1.807, 2.05) is 6.92 Å². The van der Waals surface area contributed by atoms with Gasteiger partial charge in [0.1, 0.15) is 10.0 Å². The van der Waals surface area contributed by atoms with Crippen LogP contribution in [0.5, 0.6) is 0 Å². The molecule has 1 unspecified atom stereocenters. The number of hydrogen-bond donors (Lipinski definition) is 0. The van der Waals surface area contributed by atoms with Crippen LogP contribution in [0, 0.1) is 6.92 Å². The number of likely N-dealkylation sites (N-methyl/N-ethyl adjacent to an activating group) is 1. The highest BCUT2D eigenvalue weighted by Gasteiger charge is 2.45. The van der Waals surface area contributed by atoms with E-state index in [-0.39, 0.29) is 0 Å². The van der Waals surface area contributed by atoms with Crippen LogP contribution in [-0.2, 0) is 6.54 Å². The molecule has 3 heterocycles.